The molecule has 5 saturated carbocycles. The van der Waals surface area contributed by atoms with Crippen LogP contribution in [0.5, 0.6) is 0 Å². The number of hydrogen-bond acceptors (Lipinski definition) is 9. The Hall–Kier alpha value is -1.56. The molecule has 0 radical (unpaired) electrons. The molecule has 7 aliphatic rings. The fourth-order valence-corrected chi connectivity index (χ4v) is 13.2. The van der Waals surface area contributed by atoms with E-state index in [0.29, 0.717) is 23.8 Å². The lowest BCUT2D eigenvalue weighted by Gasteiger charge is -2.63. The quantitative estimate of drug-likeness (QED) is 0.208. The van der Waals surface area contributed by atoms with Crippen molar-refractivity contribution in [2.45, 2.75) is 148 Å². The van der Waals surface area contributed by atoms with E-state index in [9.17, 15) is 35.1 Å². The van der Waals surface area contributed by atoms with Crippen molar-refractivity contribution in [1.29, 1.82) is 0 Å². The van der Waals surface area contributed by atoms with Crippen LogP contribution in [0.4, 0.5) is 0 Å². The maximum absolute atomic E-state index is 13.3. The molecule has 10 heteroatoms. The predicted octanol–water partition coefficient (Wildman–Crippen LogP) is 3.96. The molecule has 0 aromatic carbocycles. The second-order valence-corrected chi connectivity index (χ2v) is 17.7. The van der Waals surface area contributed by atoms with E-state index in [2.05, 4.69) is 27.7 Å². The molecule has 2 heterocycles. The maximum atomic E-state index is 13.3. The fraction of sp³-hybridized carbons (Fsp3) is 0.892. The highest BCUT2D eigenvalue weighted by Gasteiger charge is 2.83. The van der Waals surface area contributed by atoms with E-state index in [0.717, 1.165) is 57.8 Å². The van der Waals surface area contributed by atoms with Crippen LogP contribution in [0.3, 0.4) is 0 Å². The number of esters is 1. The topological polar surface area (TPSA) is 163 Å². The minimum absolute atomic E-state index is 0.0838. The monoisotopic (exact) mass is 660 g/mol. The van der Waals surface area contributed by atoms with Crippen molar-refractivity contribution in [3.8, 4) is 0 Å². The first kappa shape index (κ1) is 33.9. The van der Waals surface area contributed by atoms with Gasteiger partial charge in [-0.3, -0.25) is 4.79 Å². The molecular formula is C37H56O10. The summed E-state index contributed by atoms with van der Waals surface area (Å²) in [5, 5.41) is 51.9. The Labute approximate surface area is 278 Å². The Morgan fingerprint density at radius 2 is 1.62 bits per heavy atom. The van der Waals surface area contributed by atoms with Crippen molar-refractivity contribution in [1.82, 2.24) is 0 Å². The number of fused-ring (bicyclic) bond motifs is 2. The number of aliphatic hydroxyl groups is 4. The Morgan fingerprint density at radius 3 is 2.28 bits per heavy atom. The molecule has 2 spiro atoms. The average molecular weight is 661 g/mol. The van der Waals surface area contributed by atoms with Crippen molar-refractivity contribution in [2.75, 3.05) is 6.61 Å². The Morgan fingerprint density at radius 1 is 0.936 bits per heavy atom. The molecular weight excluding hydrogens is 604 g/mol. The predicted molar refractivity (Wildman–Crippen MR) is 170 cm³/mol. The second kappa shape index (κ2) is 10.7. The molecule has 7 rings (SSSR count). The van der Waals surface area contributed by atoms with Gasteiger partial charge in [-0.05, 0) is 124 Å². The van der Waals surface area contributed by atoms with Gasteiger partial charge in [0.25, 0.3) is 0 Å². The zero-order valence-electron chi connectivity index (χ0n) is 28.9. The molecule has 6 fully saturated rings. The molecule has 0 amide bonds. The van der Waals surface area contributed by atoms with Crippen molar-refractivity contribution in [3.63, 3.8) is 0 Å². The van der Waals surface area contributed by atoms with Crippen LogP contribution in [0.2, 0.25) is 0 Å². The van der Waals surface area contributed by atoms with Crippen LogP contribution in [0.1, 0.15) is 106 Å². The van der Waals surface area contributed by atoms with Gasteiger partial charge in [-0.2, -0.15) is 0 Å². The van der Waals surface area contributed by atoms with Gasteiger partial charge in [-0.25, -0.2) is 4.79 Å². The second-order valence-electron chi connectivity index (χ2n) is 17.7. The zero-order valence-corrected chi connectivity index (χ0v) is 28.9. The van der Waals surface area contributed by atoms with Crippen LogP contribution in [0.15, 0.2) is 11.6 Å². The number of ether oxygens (including phenoxy) is 3. The van der Waals surface area contributed by atoms with Gasteiger partial charge in [-0.15, -0.1) is 0 Å². The number of aliphatic hydroxyl groups excluding tert-OH is 4. The Kier molecular flexibility index (Phi) is 7.74. The van der Waals surface area contributed by atoms with E-state index >= 15 is 0 Å². The van der Waals surface area contributed by atoms with Gasteiger partial charge in [0.2, 0.25) is 0 Å². The Balaban J connectivity index is 1.14. The lowest BCUT2D eigenvalue weighted by atomic mass is 9.41. The average Bonchev–Trinajstić information content (AvgIpc) is 3.62. The summed E-state index contributed by atoms with van der Waals surface area (Å²) in [6.07, 6.45) is 3.41. The highest BCUT2D eigenvalue weighted by Crippen LogP contribution is 2.89. The highest BCUT2D eigenvalue weighted by atomic mass is 16.7. The number of cyclic esters (lactones) is 1. The first-order valence-corrected chi connectivity index (χ1v) is 18.1. The molecule has 16 atom stereocenters. The summed E-state index contributed by atoms with van der Waals surface area (Å²) in [7, 11) is 0. The number of hydrogen-bond donors (Lipinski definition) is 5. The van der Waals surface area contributed by atoms with Crippen molar-refractivity contribution < 1.29 is 49.3 Å². The van der Waals surface area contributed by atoms with Crippen LogP contribution in [0, 0.1) is 50.7 Å². The van der Waals surface area contributed by atoms with Crippen LogP contribution in [0.25, 0.3) is 0 Å². The van der Waals surface area contributed by atoms with E-state index in [4.69, 9.17) is 14.2 Å². The summed E-state index contributed by atoms with van der Waals surface area (Å²) in [6, 6.07) is 0. The minimum atomic E-state index is -1.58. The lowest BCUT2D eigenvalue weighted by Crippen LogP contribution is -2.63. The molecule has 0 aromatic heterocycles. The van der Waals surface area contributed by atoms with Crippen LogP contribution in [-0.4, -0.2) is 86.5 Å². The standard InChI is InChI=1S/C37H56O10/c1-19-9-13-34(5,47-29(19)42)20(2)21-10-12-33(4)23-7-8-24-35(6,31(43)44)25(46-30-28(41)27(40)26(39)22(17-38)45-30)11-14-36(24)18-37(23,36)16-15-32(21,33)3/h9,20-28,30,38-41H,7-8,10-18H2,1-6H3,(H,43,44). The molecule has 16 unspecified atom stereocenters. The third-order valence-electron chi connectivity index (χ3n) is 16.4. The Bertz CT molecular complexity index is 1350. The van der Waals surface area contributed by atoms with E-state index in [-0.39, 0.29) is 39.5 Å². The summed E-state index contributed by atoms with van der Waals surface area (Å²) >= 11 is 0. The number of aliphatic carboxylic acids is 1. The van der Waals surface area contributed by atoms with Crippen molar-refractivity contribution in [2.24, 2.45) is 50.7 Å². The first-order chi connectivity index (χ1) is 22.0. The van der Waals surface area contributed by atoms with Crippen molar-refractivity contribution in [3.05, 3.63) is 11.6 Å². The third kappa shape index (κ3) is 4.24. The number of carbonyl (C=O) groups excluding carboxylic acids is 1. The SMILES string of the molecule is CC1=CCC(C)(C(C)C2CCC3(C)C4CCC5C(C)(C(=O)O)C(OC6OC(CO)C(O)C(O)C6O)CCC56CC46CCC23C)OC1=O. The van der Waals surface area contributed by atoms with Gasteiger partial charge >= 0.3 is 11.9 Å². The number of carboxylic acid groups (broad SMARTS) is 1. The van der Waals surface area contributed by atoms with Gasteiger partial charge in [0.1, 0.15) is 30.0 Å². The molecule has 264 valence electrons. The summed E-state index contributed by atoms with van der Waals surface area (Å²) in [5.41, 5.74) is -0.869. The van der Waals surface area contributed by atoms with Crippen LogP contribution in [-0.2, 0) is 23.8 Å². The fourth-order valence-electron chi connectivity index (χ4n) is 13.2. The minimum Gasteiger partial charge on any atom is -0.481 e. The highest BCUT2D eigenvalue weighted by molar-refractivity contribution is 5.88. The van der Waals surface area contributed by atoms with Gasteiger partial charge in [0.15, 0.2) is 6.29 Å². The van der Waals surface area contributed by atoms with E-state index in [1.165, 1.54) is 0 Å². The van der Waals surface area contributed by atoms with Crippen molar-refractivity contribution >= 4 is 11.9 Å². The molecule has 5 aliphatic carbocycles. The number of carboxylic acids is 1. The summed E-state index contributed by atoms with van der Waals surface area (Å²) in [5.74, 6) is -0.0952. The maximum Gasteiger partial charge on any atom is 0.333 e. The van der Waals surface area contributed by atoms with Gasteiger partial charge < -0.3 is 39.7 Å². The van der Waals surface area contributed by atoms with Gasteiger partial charge in [-0.1, -0.05) is 26.8 Å². The molecule has 47 heavy (non-hydrogen) atoms. The van der Waals surface area contributed by atoms with Gasteiger partial charge in [0.05, 0.1) is 18.1 Å². The smallest absolute Gasteiger partial charge is 0.333 e. The summed E-state index contributed by atoms with van der Waals surface area (Å²) < 4.78 is 18.1. The molecule has 2 aliphatic heterocycles. The van der Waals surface area contributed by atoms with Gasteiger partial charge in [0, 0.05) is 12.0 Å². The molecule has 0 aromatic rings. The van der Waals surface area contributed by atoms with E-state index in [1.54, 1.807) is 6.92 Å². The number of rotatable bonds is 6. The lowest BCUT2D eigenvalue weighted by molar-refractivity contribution is -0.326. The van der Waals surface area contributed by atoms with E-state index in [1.807, 2.05) is 13.0 Å². The summed E-state index contributed by atoms with van der Waals surface area (Å²) in [6.45, 7) is 12.5. The molecule has 10 nitrogen and oxygen atoms in total. The largest absolute Gasteiger partial charge is 0.481 e. The summed E-state index contributed by atoms with van der Waals surface area (Å²) in [4.78, 5) is 25.9. The zero-order chi connectivity index (χ0) is 34.1. The number of carbonyl (C=O) groups is 2. The van der Waals surface area contributed by atoms with E-state index < -0.39 is 60.4 Å². The van der Waals surface area contributed by atoms with Crippen LogP contribution < -0.4 is 0 Å². The normalized spacial score (nSPS) is 55.8. The molecule has 1 saturated heterocycles. The third-order valence-corrected chi connectivity index (χ3v) is 16.4. The van der Waals surface area contributed by atoms with Crippen LogP contribution >= 0.6 is 0 Å². The molecule has 0 bridgehead atoms. The molecule has 5 N–H and O–H groups in total. The first-order valence-electron chi connectivity index (χ1n) is 18.1.